The van der Waals surface area contributed by atoms with Crippen LogP contribution in [-0.4, -0.2) is 34.3 Å². The van der Waals surface area contributed by atoms with E-state index in [2.05, 4.69) is 10.2 Å². The van der Waals surface area contributed by atoms with Crippen molar-refractivity contribution in [1.29, 1.82) is 0 Å². The fourth-order valence-electron chi connectivity index (χ4n) is 5.99. The largest absolute Gasteiger partial charge is 0.353 e. The molecule has 0 radical (unpaired) electrons. The molecule has 0 bridgehead atoms. The third-order valence-electron chi connectivity index (χ3n) is 7.33. The molecule has 4 nitrogen and oxygen atoms in total. The van der Waals surface area contributed by atoms with Crippen molar-refractivity contribution >= 4 is 11.8 Å². The molecule has 5 rings (SSSR count). The van der Waals surface area contributed by atoms with Crippen LogP contribution < -0.4 is 5.32 Å². The number of hydrogen-bond acceptors (Lipinski definition) is 2. The van der Waals surface area contributed by atoms with Crippen LogP contribution in [0.15, 0.2) is 24.3 Å². The minimum atomic E-state index is -0.322. The fourth-order valence-corrected chi connectivity index (χ4v) is 5.99. The summed E-state index contributed by atoms with van der Waals surface area (Å²) in [4.78, 5) is 29.4. The van der Waals surface area contributed by atoms with Gasteiger partial charge in [-0.25, -0.2) is 0 Å². The van der Waals surface area contributed by atoms with Crippen LogP contribution in [0.1, 0.15) is 92.5 Å². The molecule has 144 valence electrons. The standard InChI is InChI=1S/C23H30N2O2/c26-21(24-16-12-13-16)20-18-10-4-5-11-19(18)22(27)25(17-8-2-3-9-17)23(20)14-6-1-7-15-23/h4-5,10-11,16-17,20H,1-3,6-9,12-15H2,(H,24,26). The van der Waals surface area contributed by atoms with E-state index in [0.29, 0.717) is 12.1 Å². The zero-order chi connectivity index (χ0) is 18.4. The van der Waals surface area contributed by atoms with E-state index in [0.717, 1.165) is 62.5 Å². The maximum atomic E-state index is 13.7. The van der Waals surface area contributed by atoms with Gasteiger partial charge in [0, 0.05) is 17.6 Å². The molecular weight excluding hydrogens is 336 g/mol. The first kappa shape index (κ1) is 17.3. The first-order valence-corrected chi connectivity index (χ1v) is 10.9. The van der Waals surface area contributed by atoms with E-state index in [1.165, 1.54) is 19.3 Å². The van der Waals surface area contributed by atoms with E-state index >= 15 is 0 Å². The summed E-state index contributed by atoms with van der Waals surface area (Å²) in [6.45, 7) is 0. The van der Waals surface area contributed by atoms with Gasteiger partial charge in [0.2, 0.25) is 5.91 Å². The van der Waals surface area contributed by atoms with Crippen molar-refractivity contribution in [2.45, 2.75) is 94.2 Å². The normalized spacial score (nSPS) is 27.6. The molecule has 1 spiro atoms. The second-order valence-electron chi connectivity index (χ2n) is 9.08. The van der Waals surface area contributed by atoms with E-state index in [1.807, 2.05) is 24.3 Å². The highest BCUT2D eigenvalue weighted by molar-refractivity contribution is 6.02. The number of fused-ring (bicyclic) bond motifs is 1. The van der Waals surface area contributed by atoms with Crippen molar-refractivity contribution in [2.75, 3.05) is 0 Å². The van der Waals surface area contributed by atoms with Crippen molar-refractivity contribution in [3.63, 3.8) is 0 Å². The van der Waals surface area contributed by atoms with E-state index in [-0.39, 0.29) is 23.3 Å². The number of hydrogen-bond donors (Lipinski definition) is 1. The van der Waals surface area contributed by atoms with Crippen molar-refractivity contribution in [1.82, 2.24) is 10.2 Å². The number of nitrogens with zero attached hydrogens (tertiary/aromatic N) is 1. The minimum absolute atomic E-state index is 0.155. The van der Waals surface area contributed by atoms with Crippen LogP contribution in [0.2, 0.25) is 0 Å². The SMILES string of the molecule is O=C(NC1CC1)C1c2ccccc2C(=O)N(C2CCCC2)C12CCCCC2. The molecule has 0 saturated heterocycles. The first-order valence-electron chi connectivity index (χ1n) is 10.9. The van der Waals surface area contributed by atoms with E-state index in [1.54, 1.807) is 0 Å². The van der Waals surface area contributed by atoms with Gasteiger partial charge in [-0.3, -0.25) is 9.59 Å². The predicted octanol–water partition coefficient (Wildman–Crippen LogP) is 4.15. The number of carbonyl (C=O) groups excluding carboxylic acids is 2. The smallest absolute Gasteiger partial charge is 0.254 e. The van der Waals surface area contributed by atoms with E-state index in [4.69, 9.17) is 0 Å². The lowest BCUT2D eigenvalue weighted by Crippen LogP contribution is -2.65. The highest BCUT2D eigenvalue weighted by Gasteiger charge is 2.56. The zero-order valence-corrected chi connectivity index (χ0v) is 16.1. The second-order valence-corrected chi connectivity index (χ2v) is 9.08. The summed E-state index contributed by atoms with van der Waals surface area (Å²) in [5.74, 6) is 0.116. The van der Waals surface area contributed by atoms with Crippen molar-refractivity contribution in [3.8, 4) is 0 Å². The van der Waals surface area contributed by atoms with Crippen LogP contribution in [0.4, 0.5) is 0 Å². The predicted molar refractivity (Wildman–Crippen MR) is 105 cm³/mol. The molecule has 1 aromatic carbocycles. The summed E-state index contributed by atoms with van der Waals surface area (Å²) in [6.07, 6.45) is 12.1. The summed E-state index contributed by atoms with van der Waals surface area (Å²) in [6, 6.07) is 8.56. The molecule has 4 heteroatoms. The topological polar surface area (TPSA) is 49.4 Å². The number of carbonyl (C=O) groups is 2. The quantitative estimate of drug-likeness (QED) is 0.874. The van der Waals surface area contributed by atoms with Gasteiger partial charge in [0.25, 0.3) is 5.91 Å². The zero-order valence-electron chi connectivity index (χ0n) is 16.1. The molecule has 1 N–H and O–H groups in total. The van der Waals surface area contributed by atoms with Gasteiger partial charge in [-0.1, -0.05) is 50.3 Å². The Balaban J connectivity index is 1.65. The molecule has 1 aliphatic heterocycles. The maximum absolute atomic E-state index is 13.7. The number of nitrogens with one attached hydrogen (secondary N) is 1. The molecule has 1 unspecified atom stereocenters. The Hall–Kier alpha value is -1.84. The average molecular weight is 367 g/mol. The van der Waals surface area contributed by atoms with Gasteiger partial charge in [0.05, 0.1) is 11.5 Å². The van der Waals surface area contributed by atoms with Gasteiger partial charge in [-0.15, -0.1) is 0 Å². The van der Waals surface area contributed by atoms with Crippen LogP contribution in [0, 0.1) is 0 Å². The lowest BCUT2D eigenvalue weighted by molar-refractivity contribution is -0.128. The highest BCUT2D eigenvalue weighted by Crippen LogP contribution is 2.51. The van der Waals surface area contributed by atoms with Crippen LogP contribution in [0.3, 0.4) is 0 Å². The lowest BCUT2D eigenvalue weighted by atomic mass is 9.64. The minimum Gasteiger partial charge on any atom is -0.353 e. The lowest BCUT2D eigenvalue weighted by Gasteiger charge is -2.56. The van der Waals surface area contributed by atoms with Crippen LogP contribution in [0.5, 0.6) is 0 Å². The maximum Gasteiger partial charge on any atom is 0.254 e. The molecule has 3 fully saturated rings. The molecule has 1 atom stereocenters. The molecule has 0 aromatic heterocycles. The van der Waals surface area contributed by atoms with Gasteiger partial charge in [0.1, 0.15) is 0 Å². The number of benzene rings is 1. The Kier molecular flexibility index (Phi) is 4.25. The summed E-state index contributed by atoms with van der Waals surface area (Å²) < 4.78 is 0. The van der Waals surface area contributed by atoms with Crippen molar-refractivity contribution in [2.24, 2.45) is 0 Å². The summed E-state index contributed by atoms with van der Waals surface area (Å²) in [5.41, 5.74) is 1.41. The average Bonchev–Trinajstić information content (AvgIpc) is 3.33. The van der Waals surface area contributed by atoms with Crippen LogP contribution in [-0.2, 0) is 4.79 Å². The molecule has 27 heavy (non-hydrogen) atoms. The van der Waals surface area contributed by atoms with Crippen molar-refractivity contribution < 1.29 is 9.59 Å². The fraction of sp³-hybridized carbons (Fsp3) is 0.652. The van der Waals surface area contributed by atoms with Gasteiger partial charge in [0.15, 0.2) is 0 Å². The third-order valence-corrected chi connectivity index (χ3v) is 7.33. The van der Waals surface area contributed by atoms with Gasteiger partial charge < -0.3 is 10.2 Å². The Morgan fingerprint density at radius 1 is 0.963 bits per heavy atom. The van der Waals surface area contributed by atoms with E-state index in [9.17, 15) is 9.59 Å². The van der Waals surface area contributed by atoms with Gasteiger partial charge in [-0.05, 0) is 50.2 Å². The van der Waals surface area contributed by atoms with Gasteiger partial charge in [-0.2, -0.15) is 0 Å². The molecule has 3 saturated carbocycles. The molecular formula is C23H30N2O2. The Bertz CT molecular complexity index is 743. The number of amides is 2. The molecule has 2 amide bonds. The highest BCUT2D eigenvalue weighted by atomic mass is 16.2. The molecule has 1 heterocycles. The summed E-state index contributed by atoms with van der Waals surface area (Å²) in [5, 5.41) is 3.29. The van der Waals surface area contributed by atoms with Gasteiger partial charge >= 0.3 is 0 Å². The van der Waals surface area contributed by atoms with Crippen molar-refractivity contribution in [3.05, 3.63) is 35.4 Å². The van der Waals surface area contributed by atoms with Crippen LogP contribution in [0.25, 0.3) is 0 Å². The molecule has 1 aromatic rings. The van der Waals surface area contributed by atoms with Crippen LogP contribution >= 0.6 is 0 Å². The Morgan fingerprint density at radius 2 is 1.67 bits per heavy atom. The molecule has 3 aliphatic carbocycles. The first-order chi connectivity index (χ1) is 13.2. The summed E-state index contributed by atoms with van der Waals surface area (Å²) in [7, 11) is 0. The Morgan fingerprint density at radius 3 is 2.37 bits per heavy atom. The summed E-state index contributed by atoms with van der Waals surface area (Å²) >= 11 is 0. The Labute approximate surface area is 161 Å². The number of rotatable bonds is 3. The van der Waals surface area contributed by atoms with E-state index < -0.39 is 0 Å². The third kappa shape index (κ3) is 2.79. The second kappa shape index (κ2) is 6.65. The molecule has 4 aliphatic rings. The monoisotopic (exact) mass is 366 g/mol.